The van der Waals surface area contributed by atoms with Crippen LogP contribution in [0.3, 0.4) is 0 Å². The summed E-state index contributed by atoms with van der Waals surface area (Å²) in [6.45, 7) is 15.9. The van der Waals surface area contributed by atoms with Crippen LogP contribution in [0.4, 0.5) is 25.4 Å². The molecule has 3 amide bonds. The van der Waals surface area contributed by atoms with Gasteiger partial charge in [-0.3, -0.25) is 10.2 Å². The van der Waals surface area contributed by atoms with Gasteiger partial charge < -0.3 is 24.6 Å². The van der Waals surface area contributed by atoms with Gasteiger partial charge in [-0.15, -0.1) is 0 Å². The van der Waals surface area contributed by atoms with Gasteiger partial charge in [0.1, 0.15) is 17.0 Å². The summed E-state index contributed by atoms with van der Waals surface area (Å²) in [7, 11) is 0. The molecular weight excluding hydrogens is 541 g/mol. The van der Waals surface area contributed by atoms with E-state index in [1.807, 2.05) is 39.5 Å². The van der Waals surface area contributed by atoms with Crippen LogP contribution in [0.25, 0.3) is 0 Å². The van der Waals surface area contributed by atoms with Crippen molar-refractivity contribution >= 4 is 41.1 Å². The molecule has 10 nitrogen and oxygen atoms in total. The molecule has 40 heavy (non-hydrogen) atoms. The zero-order valence-corrected chi connectivity index (χ0v) is 25.5. The lowest BCUT2D eigenvalue weighted by molar-refractivity contribution is 0.0162. The lowest BCUT2D eigenvalue weighted by atomic mass is 10.1. The largest absolute Gasteiger partial charge is 0.444 e. The zero-order valence-electron chi connectivity index (χ0n) is 24.7. The van der Waals surface area contributed by atoms with Gasteiger partial charge in [0.15, 0.2) is 0 Å². The van der Waals surface area contributed by atoms with E-state index < -0.39 is 29.0 Å². The molecule has 1 unspecified atom stereocenters. The number of benzene rings is 1. The minimum absolute atomic E-state index is 0.0270. The molecule has 1 saturated carbocycles. The maximum absolute atomic E-state index is 15.6. The third-order valence-corrected chi connectivity index (χ3v) is 6.72. The van der Waals surface area contributed by atoms with Crippen LogP contribution in [-0.4, -0.2) is 65.9 Å². The normalized spacial score (nSPS) is 17.5. The number of hydrogen-bond donors (Lipinski definition) is 3. The Balaban J connectivity index is 1.78. The molecule has 1 atom stereocenters. The van der Waals surface area contributed by atoms with Crippen molar-refractivity contribution in [1.29, 1.82) is 0 Å². The van der Waals surface area contributed by atoms with Crippen LogP contribution in [0.15, 0.2) is 6.07 Å². The van der Waals surface area contributed by atoms with Crippen LogP contribution in [0, 0.1) is 11.7 Å². The van der Waals surface area contributed by atoms with Crippen LogP contribution in [0.5, 0.6) is 0 Å². The molecule has 0 bridgehead atoms. The van der Waals surface area contributed by atoms with Crippen LogP contribution in [0.2, 0.25) is 5.02 Å². The molecule has 1 aliphatic carbocycles. The summed E-state index contributed by atoms with van der Waals surface area (Å²) in [5.74, 6) is -1.31. The van der Waals surface area contributed by atoms with Crippen molar-refractivity contribution in [2.75, 3.05) is 29.9 Å². The average molecular weight is 584 g/mol. The van der Waals surface area contributed by atoms with Crippen molar-refractivity contribution in [2.45, 2.75) is 97.9 Å². The summed E-state index contributed by atoms with van der Waals surface area (Å²) in [4.78, 5) is 41.3. The van der Waals surface area contributed by atoms with Gasteiger partial charge in [0, 0.05) is 31.7 Å². The fourth-order valence-electron chi connectivity index (χ4n) is 4.41. The smallest absolute Gasteiger partial charge is 0.426 e. The third-order valence-electron chi connectivity index (χ3n) is 6.35. The molecule has 0 aromatic heterocycles. The number of hydrogen-bond acceptors (Lipinski definition) is 7. The molecule has 1 saturated heterocycles. The maximum atomic E-state index is 15.6. The fraction of sp³-hybridized carbons (Fsp3) is 0.679. The number of anilines is 2. The molecule has 2 fully saturated rings. The van der Waals surface area contributed by atoms with Crippen molar-refractivity contribution in [2.24, 2.45) is 5.92 Å². The average Bonchev–Trinajstić information content (AvgIpc) is 3.50. The summed E-state index contributed by atoms with van der Waals surface area (Å²) in [5.41, 5.74) is 3.59. The second kappa shape index (κ2) is 12.3. The van der Waals surface area contributed by atoms with Gasteiger partial charge in [-0.2, -0.15) is 0 Å². The molecule has 1 aromatic rings. The van der Waals surface area contributed by atoms with E-state index in [1.54, 1.807) is 25.7 Å². The van der Waals surface area contributed by atoms with Crippen LogP contribution >= 0.6 is 11.6 Å². The Morgan fingerprint density at radius 1 is 1.07 bits per heavy atom. The van der Waals surface area contributed by atoms with Crippen molar-refractivity contribution < 1.29 is 28.2 Å². The number of rotatable bonds is 7. The number of carbonyl (C=O) groups excluding carboxylic acids is 3. The van der Waals surface area contributed by atoms with Crippen LogP contribution < -0.4 is 21.1 Å². The highest BCUT2D eigenvalue weighted by molar-refractivity contribution is 6.37. The molecule has 1 aromatic carbocycles. The van der Waals surface area contributed by atoms with E-state index >= 15 is 4.39 Å². The first-order valence-electron chi connectivity index (χ1n) is 13.8. The van der Waals surface area contributed by atoms with Crippen LogP contribution in [-0.2, 0) is 9.47 Å². The van der Waals surface area contributed by atoms with E-state index in [-0.39, 0.29) is 40.4 Å². The lowest BCUT2D eigenvalue weighted by Gasteiger charge is -2.32. The number of carbonyl (C=O) groups is 3. The second-order valence-corrected chi connectivity index (χ2v) is 13.1. The first-order valence-corrected chi connectivity index (χ1v) is 14.2. The van der Waals surface area contributed by atoms with Gasteiger partial charge in [0.2, 0.25) is 0 Å². The first kappa shape index (κ1) is 31.6. The molecule has 1 heterocycles. The minimum Gasteiger partial charge on any atom is -0.444 e. The molecule has 2 aliphatic rings. The van der Waals surface area contributed by atoms with Crippen molar-refractivity contribution in [3.8, 4) is 0 Å². The molecule has 0 spiro atoms. The van der Waals surface area contributed by atoms with Gasteiger partial charge in [-0.25, -0.2) is 19.4 Å². The summed E-state index contributed by atoms with van der Waals surface area (Å²) in [6.07, 6.45) is 1.32. The quantitative estimate of drug-likeness (QED) is 0.353. The molecular formula is C28H43ClFN5O5. The van der Waals surface area contributed by atoms with E-state index in [1.165, 1.54) is 0 Å². The summed E-state index contributed by atoms with van der Waals surface area (Å²) in [6, 6.07) is 1.19. The van der Waals surface area contributed by atoms with E-state index in [9.17, 15) is 14.4 Å². The SMILES string of the molecule is CC(C)N(CC1CCN(c2c(F)cc(C(=O)NNC(=O)OC(C)(C)C)c(NC3CC3)c2Cl)C1)C(=O)OC(C)(C)C. The highest BCUT2D eigenvalue weighted by Crippen LogP contribution is 2.42. The molecule has 1 aliphatic heterocycles. The second-order valence-electron chi connectivity index (χ2n) is 12.8. The highest BCUT2D eigenvalue weighted by atomic mass is 35.5. The summed E-state index contributed by atoms with van der Waals surface area (Å²) in [5, 5.41) is 3.35. The minimum atomic E-state index is -0.842. The number of amides is 3. The molecule has 12 heteroatoms. The van der Waals surface area contributed by atoms with Gasteiger partial charge in [-0.05, 0) is 86.6 Å². The Kier molecular flexibility index (Phi) is 9.70. The Labute approximate surface area is 241 Å². The number of halogens is 2. The van der Waals surface area contributed by atoms with E-state index in [0.29, 0.717) is 25.3 Å². The molecule has 3 N–H and O–H groups in total. The Morgan fingerprint density at radius 3 is 2.25 bits per heavy atom. The van der Waals surface area contributed by atoms with E-state index in [2.05, 4.69) is 16.2 Å². The van der Waals surface area contributed by atoms with E-state index in [4.69, 9.17) is 21.1 Å². The number of nitrogens with zero attached hydrogens (tertiary/aromatic N) is 2. The molecule has 224 valence electrons. The van der Waals surface area contributed by atoms with Gasteiger partial charge in [-0.1, -0.05) is 11.6 Å². The Hall–Kier alpha value is -2.95. The van der Waals surface area contributed by atoms with E-state index in [0.717, 1.165) is 25.3 Å². The van der Waals surface area contributed by atoms with Gasteiger partial charge in [0.25, 0.3) is 5.91 Å². The maximum Gasteiger partial charge on any atom is 0.426 e. The van der Waals surface area contributed by atoms with Crippen LogP contribution in [0.1, 0.15) is 85.0 Å². The standard InChI is InChI=1S/C28H43ClFN5O5/c1-16(2)35(26(38)40-28(6,7)8)15-17-11-12-34(14-17)23-20(30)13-19(22(21(23)29)31-18-9-10-18)24(36)32-33-25(37)39-27(3,4)5/h13,16-18,31H,9-12,14-15H2,1-8H3,(H,32,36)(H,33,37). The number of hydrazine groups is 1. The van der Waals surface area contributed by atoms with Gasteiger partial charge >= 0.3 is 12.2 Å². The Bertz CT molecular complexity index is 1110. The van der Waals surface area contributed by atoms with Crippen molar-refractivity contribution in [1.82, 2.24) is 15.8 Å². The first-order chi connectivity index (χ1) is 18.4. The lowest BCUT2D eigenvalue weighted by Crippen LogP contribution is -2.44. The zero-order chi connectivity index (χ0) is 30.0. The Morgan fingerprint density at radius 2 is 1.70 bits per heavy atom. The predicted molar refractivity (Wildman–Crippen MR) is 153 cm³/mol. The molecule has 3 rings (SSSR count). The van der Waals surface area contributed by atoms with Crippen molar-refractivity contribution in [3.63, 3.8) is 0 Å². The monoisotopic (exact) mass is 583 g/mol. The third kappa shape index (κ3) is 8.78. The van der Waals surface area contributed by atoms with Gasteiger partial charge in [0.05, 0.1) is 22.0 Å². The number of nitrogens with one attached hydrogen (secondary N) is 3. The predicted octanol–water partition coefficient (Wildman–Crippen LogP) is 5.69. The fourth-order valence-corrected chi connectivity index (χ4v) is 4.78. The topological polar surface area (TPSA) is 112 Å². The van der Waals surface area contributed by atoms with Crippen molar-refractivity contribution in [3.05, 3.63) is 22.5 Å². The number of ether oxygens (including phenoxy) is 2. The summed E-state index contributed by atoms with van der Waals surface area (Å²) < 4.78 is 26.3. The summed E-state index contributed by atoms with van der Waals surface area (Å²) >= 11 is 6.77. The highest BCUT2D eigenvalue weighted by Gasteiger charge is 2.34. The molecule has 0 radical (unpaired) electrons.